The molecule has 0 aliphatic rings. The second-order valence-corrected chi connectivity index (χ2v) is 1.91. The van der Waals surface area contributed by atoms with E-state index in [9.17, 15) is 0 Å². The zero-order valence-electron chi connectivity index (χ0n) is 6.13. The van der Waals surface area contributed by atoms with Crippen LogP contribution in [-0.2, 0) is 6.42 Å². The Labute approximate surface area is 59.7 Å². The molecule has 0 unspecified atom stereocenters. The van der Waals surface area contributed by atoms with E-state index in [1.165, 1.54) is 0 Å². The molecule has 0 aliphatic carbocycles. The lowest BCUT2D eigenvalue weighted by molar-refractivity contribution is 0.845. The van der Waals surface area contributed by atoms with Crippen LogP contribution in [0.25, 0.3) is 0 Å². The third-order valence-electron chi connectivity index (χ3n) is 1.33. The van der Waals surface area contributed by atoms with Crippen molar-refractivity contribution in [1.82, 2.24) is 15.4 Å². The maximum absolute atomic E-state index is 3.80. The van der Waals surface area contributed by atoms with Crippen molar-refractivity contribution in [3.8, 4) is 0 Å². The van der Waals surface area contributed by atoms with Gasteiger partial charge < -0.3 is 5.32 Å². The molecule has 1 rings (SSSR count). The van der Waals surface area contributed by atoms with Gasteiger partial charge in [0.25, 0.3) is 0 Å². The fourth-order valence-electron chi connectivity index (χ4n) is 0.761. The van der Waals surface area contributed by atoms with Crippen LogP contribution in [0.4, 0.5) is 5.82 Å². The largest absolute Gasteiger partial charge is 0.371 e. The molecule has 0 saturated heterocycles. The Morgan fingerprint density at radius 3 is 2.90 bits per heavy atom. The van der Waals surface area contributed by atoms with Crippen LogP contribution < -0.4 is 5.32 Å². The molecule has 0 radical (unpaired) electrons. The van der Waals surface area contributed by atoms with Gasteiger partial charge in [0.05, 0.1) is 6.20 Å². The minimum Gasteiger partial charge on any atom is -0.371 e. The van der Waals surface area contributed by atoms with Crippen LogP contribution in [0, 0.1) is 0 Å². The summed E-state index contributed by atoms with van der Waals surface area (Å²) in [5, 5.41) is 13.9. The number of hydrogen-bond donors (Lipinski definition) is 1. The summed E-state index contributed by atoms with van der Waals surface area (Å²) in [5.74, 6) is 0.817. The summed E-state index contributed by atoms with van der Waals surface area (Å²) in [6, 6.07) is 0. The third-order valence-corrected chi connectivity index (χ3v) is 1.33. The van der Waals surface area contributed by atoms with Gasteiger partial charge in [-0.15, -0.1) is 10.2 Å². The third kappa shape index (κ3) is 1.21. The molecule has 1 aromatic heterocycles. The molecule has 0 aromatic carbocycles. The molecule has 1 heterocycles. The lowest BCUT2D eigenvalue weighted by Crippen LogP contribution is -2.00. The Kier molecular flexibility index (Phi) is 2.15. The van der Waals surface area contributed by atoms with Crippen LogP contribution in [0.1, 0.15) is 12.5 Å². The van der Waals surface area contributed by atoms with Gasteiger partial charge in [0.15, 0.2) is 5.82 Å². The molecule has 0 amide bonds. The summed E-state index contributed by atoms with van der Waals surface area (Å²) in [5.41, 5.74) is 1.09. The molecule has 0 aliphatic heterocycles. The van der Waals surface area contributed by atoms with Crippen LogP contribution in [-0.4, -0.2) is 22.5 Å². The second-order valence-electron chi connectivity index (χ2n) is 1.91. The van der Waals surface area contributed by atoms with Gasteiger partial charge in [0.2, 0.25) is 0 Å². The first-order valence-corrected chi connectivity index (χ1v) is 3.23. The summed E-state index contributed by atoms with van der Waals surface area (Å²) >= 11 is 0. The van der Waals surface area contributed by atoms with Gasteiger partial charge in [-0.05, 0) is 11.6 Å². The highest BCUT2D eigenvalue weighted by Crippen LogP contribution is 2.06. The Hall–Kier alpha value is -1.19. The number of hydrogen-bond acceptors (Lipinski definition) is 4. The molecule has 0 spiro atoms. The average molecular weight is 138 g/mol. The molecule has 1 aromatic rings. The fourth-order valence-corrected chi connectivity index (χ4v) is 0.761. The Bertz CT molecular complexity index is 188. The zero-order valence-corrected chi connectivity index (χ0v) is 6.13. The van der Waals surface area contributed by atoms with Gasteiger partial charge in [-0.1, -0.05) is 6.92 Å². The lowest BCUT2D eigenvalue weighted by atomic mass is 10.2. The van der Waals surface area contributed by atoms with Crippen molar-refractivity contribution in [2.75, 3.05) is 12.4 Å². The van der Waals surface area contributed by atoms with Gasteiger partial charge in [-0.25, -0.2) is 0 Å². The molecular weight excluding hydrogens is 128 g/mol. The molecule has 10 heavy (non-hydrogen) atoms. The van der Waals surface area contributed by atoms with E-state index >= 15 is 0 Å². The Morgan fingerprint density at radius 1 is 1.60 bits per heavy atom. The van der Waals surface area contributed by atoms with Crippen molar-refractivity contribution < 1.29 is 0 Å². The quantitative estimate of drug-likeness (QED) is 0.645. The van der Waals surface area contributed by atoms with E-state index in [4.69, 9.17) is 0 Å². The molecule has 1 N–H and O–H groups in total. The van der Waals surface area contributed by atoms with E-state index in [-0.39, 0.29) is 0 Å². The van der Waals surface area contributed by atoms with Crippen LogP contribution in [0.5, 0.6) is 0 Å². The fraction of sp³-hybridized carbons (Fsp3) is 0.500. The van der Waals surface area contributed by atoms with E-state index < -0.39 is 0 Å². The van der Waals surface area contributed by atoms with E-state index in [1.54, 1.807) is 6.20 Å². The Morgan fingerprint density at radius 2 is 2.40 bits per heavy atom. The predicted octanol–water partition coefficient (Wildman–Crippen LogP) is 0.476. The molecule has 0 fully saturated rings. The van der Waals surface area contributed by atoms with E-state index in [0.29, 0.717) is 0 Å². The minimum absolute atomic E-state index is 0.817. The van der Waals surface area contributed by atoms with Crippen LogP contribution in [0.15, 0.2) is 6.20 Å². The van der Waals surface area contributed by atoms with Gasteiger partial charge in [0.1, 0.15) is 0 Å². The Balaban J connectivity index is 2.96. The summed E-state index contributed by atoms with van der Waals surface area (Å²) in [6.07, 6.45) is 2.65. The minimum atomic E-state index is 0.817. The highest BCUT2D eigenvalue weighted by Gasteiger charge is 1.97. The highest BCUT2D eigenvalue weighted by molar-refractivity contribution is 5.39. The number of aromatic nitrogens is 3. The van der Waals surface area contributed by atoms with Crippen LogP contribution in [0.2, 0.25) is 0 Å². The van der Waals surface area contributed by atoms with E-state index in [2.05, 4.69) is 27.7 Å². The summed E-state index contributed by atoms with van der Waals surface area (Å²) in [4.78, 5) is 0. The summed E-state index contributed by atoms with van der Waals surface area (Å²) in [7, 11) is 1.82. The number of anilines is 1. The maximum Gasteiger partial charge on any atom is 0.155 e. The first kappa shape index (κ1) is 6.92. The van der Waals surface area contributed by atoms with E-state index in [1.807, 2.05) is 7.05 Å². The molecule has 0 saturated carbocycles. The molecule has 0 bridgehead atoms. The number of aryl methyl sites for hydroxylation is 1. The summed E-state index contributed by atoms with van der Waals surface area (Å²) in [6.45, 7) is 2.06. The van der Waals surface area contributed by atoms with Crippen LogP contribution >= 0.6 is 0 Å². The predicted molar refractivity (Wildman–Crippen MR) is 38.8 cm³/mol. The normalized spacial score (nSPS) is 9.40. The number of rotatable bonds is 2. The lowest BCUT2D eigenvalue weighted by Gasteiger charge is -2.00. The van der Waals surface area contributed by atoms with Crippen LogP contribution in [0.3, 0.4) is 0 Å². The summed E-state index contributed by atoms with van der Waals surface area (Å²) < 4.78 is 0. The van der Waals surface area contributed by atoms with Crippen molar-refractivity contribution in [1.29, 1.82) is 0 Å². The molecular formula is C6H10N4. The second kappa shape index (κ2) is 3.10. The van der Waals surface area contributed by atoms with Gasteiger partial charge >= 0.3 is 0 Å². The van der Waals surface area contributed by atoms with E-state index in [0.717, 1.165) is 17.8 Å². The molecule has 54 valence electrons. The van der Waals surface area contributed by atoms with Crippen molar-refractivity contribution in [3.63, 3.8) is 0 Å². The zero-order chi connectivity index (χ0) is 7.40. The standard InChI is InChI=1S/C6H10N4/c1-3-5-4-8-10-9-6(5)7-2/h4H,3H2,1-2H3,(H,7,8,9). The SMILES string of the molecule is CCc1cnnnc1NC. The topological polar surface area (TPSA) is 50.7 Å². The smallest absolute Gasteiger partial charge is 0.155 e. The van der Waals surface area contributed by atoms with Gasteiger partial charge in [-0.3, -0.25) is 0 Å². The molecule has 0 atom stereocenters. The molecule has 4 heteroatoms. The van der Waals surface area contributed by atoms with Crippen molar-refractivity contribution in [2.45, 2.75) is 13.3 Å². The number of nitrogens with one attached hydrogen (secondary N) is 1. The highest BCUT2D eigenvalue weighted by atomic mass is 15.3. The monoisotopic (exact) mass is 138 g/mol. The van der Waals surface area contributed by atoms with Gasteiger partial charge in [0, 0.05) is 12.6 Å². The number of nitrogens with zero attached hydrogens (tertiary/aromatic N) is 3. The van der Waals surface area contributed by atoms with Crippen molar-refractivity contribution in [2.24, 2.45) is 0 Å². The van der Waals surface area contributed by atoms with Crippen molar-refractivity contribution >= 4 is 5.82 Å². The maximum atomic E-state index is 3.80. The van der Waals surface area contributed by atoms with Gasteiger partial charge in [-0.2, -0.15) is 0 Å². The first-order valence-electron chi connectivity index (χ1n) is 3.23. The average Bonchev–Trinajstić information content (AvgIpc) is 2.04. The molecule has 4 nitrogen and oxygen atoms in total. The van der Waals surface area contributed by atoms with Crippen molar-refractivity contribution in [3.05, 3.63) is 11.8 Å². The first-order chi connectivity index (χ1) is 4.88.